The third-order valence-electron chi connectivity index (χ3n) is 2.60. The maximum Gasteiger partial charge on any atom is 0.338 e. The number of halogens is 3. The second kappa shape index (κ2) is 7.00. The van der Waals surface area contributed by atoms with Crippen LogP contribution in [0.25, 0.3) is 0 Å². The first-order chi connectivity index (χ1) is 10.5. The number of anilines is 1. The number of carbonyl (C=O) groups excluding carboxylic acids is 2. The molecule has 0 atom stereocenters. The van der Waals surface area contributed by atoms with Crippen LogP contribution in [0.15, 0.2) is 42.5 Å². The van der Waals surface area contributed by atoms with E-state index in [9.17, 15) is 18.4 Å². The van der Waals surface area contributed by atoms with E-state index in [0.717, 1.165) is 12.1 Å². The molecule has 2 rings (SSSR count). The van der Waals surface area contributed by atoms with Gasteiger partial charge in [0.05, 0.1) is 5.56 Å². The summed E-state index contributed by atoms with van der Waals surface area (Å²) in [6, 6.07) is 8.94. The first-order valence-electron chi connectivity index (χ1n) is 6.13. The van der Waals surface area contributed by atoms with Gasteiger partial charge in [-0.25, -0.2) is 13.6 Å². The van der Waals surface area contributed by atoms with Gasteiger partial charge in [-0.15, -0.1) is 0 Å². The number of carbonyl (C=O) groups is 2. The van der Waals surface area contributed by atoms with Crippen LogP contribution >= 0.6 is 11.6 Å². The molecule has 0 spiro atoms. The van der Waals surface area contributed by atoms with Crippen molar-refractivity contribution in [1.29, 1.82) is 0 Å². The average Bonchev–Trinajstić information content (AvgIpc) is 2.48. The molecule has 0 heterocycles. The van der Waals surface area contributed by atoms with Crippen molar-refractivity contribution in [2.24, 2.45) is 0 Å². The maximum atomic E-state index is 13.0. The molecular weight excluding hydrogens is 316 g/mol. The van der Waals surface area contributed by atoms with Crippen LogP contribution < -0.4 is 5.32 Å². The van der Waals surface area contributed by atoms with E-state index >= 15 is 0 Å². The van der Waals surface area contributed by atoms with Crippen molar-refractivity contribution in [3.8, 4) is 0 Å². The lowest BCUT2D eigenvalue weighted by molar-refractivity contribution is -0.119. The second-order valence-corrected chi connectivity index (χ2v) is 4.70. The minimum absolute atomic E-state index is 0.0581. The zero-order valence-corrected chi connectivity index (χ0v) is 11.9. The van der Waals surface area contributed by atoms with Gasteiger partial charge in [-0.05, 0) is 30.3 Å². The molecule has 1 N–H and O–H groups in total. The van der Waals surface area contributed by atoms with Gasteiger partial charge in [0.2, 0.25) is 0 Å². The van der Waals surface area contributed by atoms with E-state index in [-0.39, 0.29) is 11.3 Å². The summed E-state index contributed by atoms with van der Waals surface area (Å²) in [4.78, 5) is 23.3. The monoisotopic (exact) mass is 325 g/mol. The average molecular weight is 326 g/mol. The normalized spacial score (nSPS) is 10.1. The predicted octanol–water partition coefficient (Wildman–Crippen LogP) is 3.41. The third kappa shape index (κ3) is 4.26. The molecule has 0 aliphatic carbocycles. The second-order valence-electron chi connectivity index (χ2n) is 4.26. The molecular formula is C15H10ClF2NO3. The van der Waals surface area contributed by atoms with Crippen LogP contribution in [0, 0.1) is 11.6 Å². The van der Waals surface area contributed by atoms with Gasteiger partial charge in [0.1, 0.15) is 0 Å². The van der Waals surface area contributed by atoms with Crippen LogP contribution in [0.3, 0.4) is 0 Å². The summed E-state index contributed by atoms with van der Waals surface area (Å²) in [5, 5.41) is 2.64. The highest BCUT2D eigenvalue weighted by molar-refractivity contribution is 6.30. The number of amides is 1. The molecule has 22 heavy (non-hydrogen) atoms. The molecule has 7 heteroatoms. The van der Waals surface area contributed by atoms with Crippen LogP contribution in [0.5, 0.6) is 0 Å². The number of ether oxygens (including phenoxy) is 1. The Hall–Kier alpha value is -2.47. The van der Waals surface area contributed by atoms with Crippen LogP contribution in [-0.4, -0.2) is 18.5 Å². The Balaban J connectivity index is 1.90. The van der Waals surface area contributed by atoms with Gasteiger partial charge in [-0.2, -0.15) is 0 Å². The number of hydrogen-bond donors (Lipinski definition) is 1. The van der Waals surface area contributed by atoms with Crippen molar-refractivity contribution in [3.63, 3.8) is 0 Å². The fourth-order valence-electron chi connectivity index (χ4n) is 1.60. The molecule has 4 nitrogen and oxygen atoms in total. The van der Waals surface area contributed by atoms with Crippen molar-refractivity contribution >= 4 is 29.2 Å². The zero-order chi connectivity index (χ0) is 16.1. The predicted molar refractivity (Wildman–Crippen MR) is 76.7 cm³/mol. The number of benzene rings is 2. The molecule has 0 unspecified atom stereocenters. The molecule has 0 aliphatic heterocycles. The van der Waals surface area contributed by atoms with E-state index in [4.69, 9.17) is 16.3 Å². The number of nitrogens with one attached hydrogen (secondary N) is 1. The van der Waals surface area contributed by atoms with E-state index in [1.807, 2.05) is 0 Å². The summed E-state index contributed by atoms with van der Waals surface area (Å²) >= 11 is 5.73. The molecule has 0 saturated carbocycles. The summed E-state index contributed by atoms with van der Waals surface area (Å²) in [5.74, 6) is -3.51. The van der Waals surface area contributed by atoms with E-state index in [2.05, 4.69) is 5.32 Å². The van der Waals surface area contributed by atoms with E-state index < -0.39 is 30.1 Å². The quantitative estimate of drug-likeness (QED) is 0.876. The summed E-state index contributed by atoms with van der Waals surface area (Å²) in [6.45, 7) is -0.565. The fourth-order valence-corrected chi connectivity index (χ4v) is 1.79. The van der Waals surface area contributed by atoms with Crippen molar-refractivity contribution in [2.75, 3.05) is 11.9 Å². The molecule has 0 bridgehead atoms. The van der Waals surface area contributed by atoms with E-state index in [1.54, 1.807) is 12.1 Å². The Bertz CT molecular complexity index is 722. The number of esters is 1. The first-order valence-corrected chi connectivity index (χ1v) is 6.51. The van der Waals surface area contributed by atoms with Gasteiger partial charge in [0.25, 0.3) is 5.91 Å². The van der Waals surface area contributed by atoms with Gasteiger partial charge in [0, 0.05) is 16.8 Å². The van der Waals surface area contributed by atoms with Crippen molar-refractivity contribution in [1.82, 2.24) is 0 Å². The van der Waals surface area contributed by atoms with Crippen LogP contribution in [-0.2, 0) is 9.53 Å². The lowest BCUT2D eigenvalue weighted by Gasteiger charge is -2.07. The fraction of sp³-hybridized carbons (Fsp3) is 0.0667. The van der Waals surface area contributed by atoms with Crippen LogP contribution in [0.1, 0.15) is 10.4 Å². The van der Waals surface area contributed by atoms with Crippen molar-refractivity contribution in [2.45, 2.75) is 0 Å². The standard InChI is InChI=1S/C15H10ClF2NO3/c16-10-3-1-2-9(6-10)15(21)22-8-14(20)19-11-4-5-12(17)13(18)7-11/h1-7H,8H2,(H,19,20). The molecule has 114 valence electrons. The molecule has 0 aliphatic rings. The highest BCUT2D eigenvalue weighted by Gasteiger charge is 2.11. The SMILES string of the molecule is O=C(COC(=O)c1cccc(Cl)c1)Nc1ccc(F)c(F)c1. The summed E-state index contributed by atoms with van der Waals surface area (Å²) in [5.41, 5.74) is 0.260. The van der Waals surface area contributed by atoms with E-state index in [1.165, 1.54) is 18.2 Å². The largest absolute Gasteiger partial charge is 0.452 e. The van der Waals surface area contributed by atoms with Crippen LogP contribution in [0.2, 0.25) is 5.02 Å². The molecule has 2 aromatic rings. The van der Waals surface area contributed by atoms with Crippen LogP contribution in [0.4, 0.5) is 14.5 Å². The zero-order valence-electron chi connectivity index (χ0n) is 11.1. The molecule has 2 aromatic carbocycles. The number of rotatable bonds is 4. The summed E-state index contributed by atoms with van der Waals surface area (Å²) in [6.07, 6.45) is 0. The first kappa shape index (κ1) is 15.9. The van der Waals surface area contributed by atoms with Gasteiger partial charge < -0.3 is 10.1 Å². The Labute approximate surface area is 129 Å². The highest BCUT2D eigenvalue weighted by Crippen LogP contribution is 2.13. The Morgan fingerprint density at radius 2 is 1.86 bits per heavy atom. The lowest BCUT2D eigenvalue weighted by atomic mass is 10.2. The number of hydrogen-bond acceptors (Lipinski definition) is 3. The molecule has 0 saturated heterocycles. The highest BCUT2D eigenvalue weighted by atomic mass is 35.5. The van der Waals surface area contributed by atoms with E-state index in [0.29, 0.717) is 5.02 Å². The Morgan fingerprint density at radius 1 is 1.09 bits per heavy atom. The van der Waals surface area contributed by atoms with Gasteiger partial charge in [0.15, 0.2) is 18.2 Å². The lowest BCUT2D eigenvalue weighted by Crippen LogP contribution is -2.21. The topological polar surface area (TPSA) is 55.4 Å². The Morgan fingerprint density at radius 3 is 2.55 bits per heavy atom. The third-order valence-corrected chi connectivity index (χ3v) is 2.83. The van der Waals surface area contributed by atoms with Gasteiger partial charge in [-0.3, -0.25) is 4.79 Å². The smallest absolute Gasteiger partial charge is 0.338 e. The van der Waals surface area contributed by atoms with Gasteiger partial charge in [-0.1, -0.05) is 17.7 Å². The minimum atomic E-state index is -1.09. The molecule has 0 radical (unpaired) electrons. The molecule has 0 aromatic heterocycles. The van der Waals surface area contributed by atoms with Crippen molar-refractivity contribution in [3.05, 3.63) is 64.7 Å². The van der Waals surface area contributed by atoms with Gasteiger partial charge >= 0.3 is 5.97 Å². The molecule has 0 fully saturated rings. The molecule has 1 amide bonds. The summed E-state index contributed by atoms with van der Waals surface area (Å²) in [7, 11) is 0. The maximum absolute atomic E-state index is 13.0. The minimum Gasteiger partial charge on any atom is -0.452 e. The Kier molecular flexibility index (Phi) is 5.06. The summed E-state index contributed by atoms with van der Waals surface area (Å²) < 4.78 is 30.5. The van der Waals surface area contributed by atoms with Crippen molar-refractivity contribution < 1.29 is 23.1 Å².